The molecule has 0 aromatic rings. The first-order valence-electron chi connectivity index (χ1n) is 8.88. The van der Waals surface area contributed by atoms with Gasteiger partial charge in [-0.25, -0.2) is 0 Å². The highest BCUT2D eigenvalue weighted by Gasteiger charge is 2.27. The van der Waals surface area contributed by atoms with Crippen molar-refractivity contribution in [2.45, 2.75) is 83.3 Å². The molecule has 0 aromatic carbocycles. The highest BCUT2D eigenvalue weighted by molar-refractivity contribution is 5.79. The maximum absolute atomic E-state index is 11.5. The number of unbranched alkanes of at least 4 members (excludes halogenated alkanes) is 1. The van der Waals surface area contributed by atoms with Crippen LogP contribution in [0.4, 0.5) is 0 Å². The number of rotatable bonds is 6. The summed E-state index contributed by atoms with van der Waals surface area (Å²) in [5, 5.41) is 0. The van der Waals surface area contributed by atoms with Crippen LogP contribution < -0.4 is 5.73 Å². The van der Waals surface area contributed by atoms with Gasteiger partial charge in [0.1, 0.15) is 0 Å². The lowest BCUT2D eigenvalue weighted by Gasteiger charge is -2.39. The van der Waals surface area contributed by atoms with Gasteiger partial charge in [0, 0.05) is 12.1 Å². The van der Waals surface area contributed by atoms with E-state index in [1.165, 1.54) is 45.1 Å². The number of hydrogen-bond acceptors (Lipinski definition) is 3. The summed E-state index contributed by atoms with van der Waals surface area (Å²) < 4.78 is 0. The quantitative estimate of drug-likeness (QED) is 0.765. The molecule has 0 saturated carbocycles. The lowest BCUT2D eigenvalue weighted by Crippen LogP contribution is -2.48. The zero-order valence-electron chi connectivity index (χ0n) is 13.9. The van der Waals surface area contributed by atoms with Gasteiger partial charge >= 0.3 is 0 Å². The molecule has 2 aliphatic rings. The molecular weight excluding hydrogens is 262 g/mol. The molecule has 2 aliphatic heterocycles. The first-order valence-corrected chi connectivity index (χ1v) is 8.88. The Kier molecular flexibility index (Phi) is 6.49. The summed E-state index contributed by atoms with van der Waals surface area (Å²) in [7, 11) is 0. The van der Waals surface area contributed by atoms with Crippen LogP contribution in [0, 0.1) is 0 Å². The number of primary amides is 1. The van der Waals surface area contributed by atoms with Crippen molar-refractivity contribution < 1.29 is 4.79 Å². The van der Waals surface area contributed by atoms with Crippen molar-refractivity contribution in [3.05, 3.63) is 0 Å². The summed E-state index contributed by atoms with van der Waals surface area (Å²) in [6.07, 6.45) is 9.80. The van der Waals surface area contributed by atoms with Crippen LogP contribution in [0.3, 0.4) is 0 Å². The molecule has 0 bridgehead atoms. The minimum Gasteiger partial charge on any atom is -0.368 e. The Hall–Kier alpha value is -0.610. The summed E-state index contributed by atoms with van der Waals surface area (Å²) in [6, 6.07) is 1.47. The van der Waals surface area contributed by atoms with Crippen molar-refractivity contribution >= 4 is 5.91 Å². The van der Waals surface area contributed by atoms with Gasteiger partial charge in [-0.2, -0.15) is 0 Å². The Morgan fingerprint density at radius 1 is 1.00 bits per heavy atom. The summed E-state index contributed by atoms with van der Waals surface area (Å²) in [5.41, 5.74) is 5.53. The van der Waals surface area contributed by atoms with Gasteiger partial charge in [0.2, 0.25) is 5.91 Å². The molecule has 2 saturated heterocycles. The molecule has 0 radical (unpaired) electrons. The summed E-state index contributed by atoms with van der Waals surface area (Å²) in [5.74, 6) is -0.132. The second-order valence-corrected chi connectivity index (χ2v) is 7.02. The second kappa shape index (κ2) is 8.14. The predicted molar refractivity (Wildman–Crippen MR) is 87.1 cm³/mol. The number of likely N-dealkylation sites (tertiary alicyclic amines) is 2. The van der Waals surface area contributed by atoms with Gasteiger partial charge in [-0.3, -0.25) is 14.6 Å². The largest absolute Gasteiger partial charge is 0.368 e. The van der Waals surface area contributed by atoms with Crippen LogP contribution in [0.15, 0.2) is 0 Å². The van der Waals surface area contributed by atoms with E-state index < -0.39 is 0 Å². The maximum atomic E-state index is 11.5. The first-order chi connectivity index (χ1) is 10.1. The number of nitrogens with zero attached hydrogens (tertiary/aromatic N) is 2. The molecule has 2 rings (SSSR count). The van der Waals surface area contributed by atoms with Gasteiger partial charge in [-0.1, -0.05) is 12.8 Å². The predicted octanol–water partition coefficient (Wildman–Crippen LogP) is 2.37. The Balaban J connectivity index is 1.69. The first kappa shape index (κ1) is 16.8. The van der Waals surface area contributed by atoms with E-state index in [1.54, 1.807) is 0 Å². The molecule has 122 valence electrons. The van der Waals surface area contributed by atoms with Crippen LogP contribution in [0.25, 0.3) is 0 Å². The van der Waals surface area contributed by atoms with Crippen LogP contribution in [0.2, 0.25) is 0 Å². The minimum absolute atomic E-state index is 0.00779. The normalized spacial score (nSPS) is 32.2. The number of piperidine rings is 2. The van der Waals surface area contributed by atoms with E-state index in [0.717, 1.165) is 38.0 Å². The average Bonchev–Trinajstić information content (AvgIpc) is 2.46. The molecule has 2 N–H and O–H groups in total. The van der Waals surface area contributed by atoms with E-state index in [2.05, 4.69) is 23.6 Å². The van der Waals surface area contributed by atoms with Crippen molar-refractivity contribution in [2.24, 2.45) is 5.73 Å². The lowest BCUT2D eigenvalue weighted by molar-refractivity contribution is -0.124. The Morgan fingerprint density at radius 3 is 2.33 bits per heavy atom. The number of nitrogens with two attached hydrogens (primary N) is 1. The molecule has 3 unspecified atom stereocenters. The van der Waals surface area contributed by atoms with E-state index in [4.69, 9.17) is 5.73 Å². The maximum Gasteiger partial charge on any atom is 0.234 e. The van der Waals surface area contributed by atoms with Gasteiger partial charge in [0.25, 0.3) is 0 Å². The fraction of sp³-hybridized carbons (Fsp3) is 0.941. The summed E-state index contributed by atoms with van der Waals surface area (Å²) in [4.78, 5) is 16.5. The van der Waals surface area contributed by atoms with Crippen molar-refractivity contribution in [3.63, 3.8) is 0 Å². The van der Waals surface area contributed by atoms with E-state index in [0.29, 0.717) is 0 Å². The van der Waals surface area contributed by atoms with E-state index in [-0.39, 0.29) is 11.9 Å². The molecular formula is C17H33N3O. The third-order valence-electron chi connectivity index (χ3n) is 5.43. The fourth-order valence-electron chi connectivity index (χ4n) is 4.11. The fourth-order valence-corrected chi connectivity index (χ4v) is 4.11. The Labute approximate surface area is 130 Å². The zero-order chi connectivity index (χ0) is 15.2. The smallest absolute Gasteiger partial charge is 0.234 e. The lowest BCUT2D eigenvalue weighted by atomic mass is 9.97. The van der Waals surface area contributed by atoms with Gasteiger partial charge in [-0.05, 0) is 72.0 Å². The molecule has 1 amide bonds. The number of carbonyl (C=O) groups is 1. The third-order valence-corrected chi connectivity index (χ3v) is 5.43. The molecule has 4 nitrogen and oxygen atoms in total. The van der Waals surface area contributed by atoms with Gasteiger partial charge < -0.3 is 5.73 Å². The number of carbonyl (C=O) groups excluding carboxylic acids is 1. The molecule has 0 aromatic heterocycles. The number of hydrogen-bond donors (Lipinski definition) is 1. The Bertz CT molecular complexity index is 324. The van der Waals surface area contributed by atoms with Gasteiger partial charge in [-0.15, -0.1) is 0 Å². The Morgan fingerprint density at radius 2 is 1.67 bits per heavy atom. The number of amides is 1. The van der Waals surface area contributed by atoms with E-state index >= 15 is 0 Å². The molecule has 4 heteroatoms. The SMILES string of the molecule is CC1CCCC(C)N1CCCCN1CCCCC1C(N)=O. The van der Waals surface area contributed by atoms with Crippen LogP contribution >= 0.6 is 0 Å². The van der Waals surface area contributed by atoms with Gasteiger partial charge in [0.05, 0.1) is 6.04 Å². The molecule has 0 spiro atoms. The van der Waals surface area contributed by atoms with E-state index in [1.807, 2.05) is 0 Å². The van der Waals surface area contributed by atoms with Crippen LogP contribution in [0.5, 0.6) is 0 Å². The molecule has 0 aliphatic carbocycles. The molecule has 21 heavy (non-hydrogen) atoms. The third kappa shape index (κ3) is 4.68. The summed E-state index contributed by atoms with van der Waals surface area (Å²) >= 11 is 0. The zero-order valence-corrected chi connectivity index (χ0v) is 13.9. The van der Waals surface area contributed by atoms with Crippen LogP contribution in [-0.4, -0.2) is 53.5 Å². The summed E-state index contributed by atoms with van der Waals surface area (Å²) in [6.45, 7) is 8.01. The average molecular weight is 295 g/mol. The van der Waals surface area contributed by atoms with Crippen molar-refractivity contribution in [1.82, 2.24) is 9.80 Å². The van der Waals surface area contributed by atoms with Crippen LogP contribution in [0.1, 0.15) is 65.2 Å². The molecule has 3 atom stereocenters. The van der Waals surface area contributed by atoms with E-state index in [9.17, 15) is 4.79 Å². The highest BCUT2D eigenvalue weighted by atomic mass is 16.1. The van der Waals surface area contributed by atoms with Crippen molar-refractivity contribution in [3.8, 4) is 0 Å². The van der Waals surface area contributed by atoms with Crippen molar-refractivity contribution in [1.29, 1.82) is 0 Å². The highest BCUT2D eigenvalue weighted by Crippen LogP contribution is 2.23. The van der Waals surface area contributed by atoms with Crippen LogP contribution in [-0.2, 0) is 4.79 Å². The second-order valence-electron chi connectivity index (χ2n) is 7.02. The standard InChI is InChI=1S/C17H33N3O/c1-14-8-7-9-15(2)20(14)13-6-5-12-19-11-4-3-10-16(19)17(18)21/h14-16H,3-13H2,1-2H3,(H2,18,21). The molecule has 2 heterocycles. The van der Waals surface area contributed by atoms with Crippen molar-refractivity contribution in [2.75, 3.05) is 19.6 Å². The monoisotopic (exact) mass is 295 g/mol. The molecule has 2 fully saturated rings. The van der Waals surface area contributed by atoms with Gasteiger partial charge in [0.15, 0.2) is 0 Å². The topological polar surface area (TPSA) is 49.6 Å². The minimum atomic E-state index is -0.132.